The van der Waals surface area contributed by atoms with Gasteiger partial charge in [-0.25, -0.2) is 4.79 Å². The molecule has 12 heteroatoms. The van der Waals surface area contributed by atoms with Crippen molar-refractivity contribution in [1.29, 1.82) is 0 Å². The molecule has 2 heterocycles. The Morgan fingerprint density at radius 2 is 1.72 bits per heavy atom. The van der Waals surface area contributed by atoms with Gasteiger partial charge in [-0.05, 0) is 37.1 Å². The van der Waals surface area contributed by atoms with Crippen molar-refractivity contribution in [2.45, 2.75) is 31.2 Å². The summed E-state index contributed by atoms with van der Waals surface area (Å²) in [6, 6.07) is 5.41. The maximum Gasteiger partial charge on any atom is 0.326 e. The molecule has 1 amide bonds. The Labute approximate surface area is 183 Å². The fourth-order valence-electron chi connectivity index (χ4n) is 3.76. The standard InChI is InChI=1S/C20H25N7O5/c21-16-15(17(22)26-20(23)25-16)11-7-8-27(9-11)12-3-1-10(2-4-12)18(30)24-13(19(31)32)5-6-14(28)29/h1-4,11,13H,5-9H2,(H,24,30)(H,28,29)(H,31,32)(H6,21,22,23,25,26)/t11?,13-/m0/s1. The third-order valence-electron chi connectivity index (χ3n) is 5.36. The van der Waals surface area contributed by atoms with Crippen LogP contribution in [0.4, 0.5) is 23.3 Å². The molecule has 2 aromatic rings. The van der Waals surface area contributed by atoms with E-state index in [-0.39, 0.29) is 41.9 Å². The Kier molecular flexibility index (Phi) is 6.61. The highest BCUT2D eigenvalue weighted by Crippen LogP contribution is 2.35. The Hall–Kier alpha value is -4.09. The van der Waals surface area contributed by atoms with Gasteiger partial charge in [-0.3, -0.25) is 9.59 Å². The lowest BCUT2D eigenvalue weighted by Gasteiger charge is -2.20. The van der Waals surface area contributed by atoms with E-state index in [0.29, 0.717) is 12.1 Å². The summed E-state index contributed by atoms with van der Waals surface area (Å²) >= 11 is 0. The van der Waals surface area contributed by atoms with Crippen LogP contribution in [0.25, 0.3) is 0 Å². The van der Waals surface area contributed by atoms with Crippen LogP contribution in [0.2, 0.25) is 0 Å². The highest BCUT2D eigenvalue weighted by molar-refractivity contribution is 5.97. The molecule has 1 unspecified atom stereocenters. The number of hydrogen-bond donors (Lipinski definition) is 6. The minimum Gasteiger partial charge on any atom is -0.481 e. The van der Waals surface area contributed by atoms with E-state index in [0.717, 1.165) is 18.7 Å². The second-order valence-corrected chi connectivity index (χ2v) is 7.54. The molecule has 170 valence electrons. The second kappa shape index (κ2) is 9.37. The van der Waals surface area contributed by atoms with E-state index in [1.54, 1.807) is 24.3 Å². The van der Waals surface area contributed by atoms with Crippen LogP contribution in [-0.4, -0.2) is 57.2 Å². The van der Waals surface area contributed by atoms with Gasteiger partial charge in [0.1, 0.15) is 17.7 Å². The molecular formula is C20H25N7O5. The number of nitrogens with zero attached hydrogens (tertiary/aromatic N) is 3. The molecule has 0 radical (unpaired) electrons. The topological polar surface area (TPSA) is 211 Å². The molecule has 0 aliphatic carbocycles. The predicted octanol–water partition coefficient (Wildman–Crippen LogP) is 0.265. The highest BCUT2D eigenvalue weighted by atomic mass is 16.4. The molecule has 0 bridgehead atoms. The number of hydrogen-bond acceptors (Lipinski definition) is 9. The molecule has 2 atom stereocenters. The summed E-state index contributed by atoms with van der Waals surface area (Å²) in [5, 5.41) is 20.3. The number of rotatable bonds is 8. The van der Waals surface area contributed by atoms with E-state index < -0.39 is 23.9 Å². The molecule has 1 saturated heterocycles. The summed E-state index contributed by atoms with van der Waals surface area (Å²) < 4.78 is 0. The largest absolute Gasteiger partial charge is 0.481 e. The first-order chi connectivity index (χ1) is 15.2. The molecule has 1 aromatic heterocycles. The molecule has 0 spiro atoms. The summed E-state index contributed by atoms with van der Waals surface area (Å²) in [6.07, 6.45) is 0.221. The average molecular weight is 443 g/mol. The molecule has 3 rings (SSSR count). The smallest absolute Gasteiger partial charge is 0.326 e. The summed E-state index contributed by atoms with van der Waals surface area (Å²) in [4.78, 5) is 44.4. The summed E-state index contributed by atoms with van der Waals surface area (Å²) in [6.45, 7) is 1.36. The van der Waals surface area contributed by atoms with Crippen LogP contribution in [-0.2, 0) is 9.59 Å². The van der Waals surface area contributed by atoms with Gasteiger partial charge < -0.3 is 37.6 Å². The van der Waals surface area contributed by atoms with Crippen molar-refractivity contribution in [2.75, 3.05) is 35.2 Å². The van der Waals surface area contributed by atoms with Crippen molar-refractivity contribution < 1.29 is 24.6 Å². The number of carbonyl (C=O) groups is 3. The van der Waals surface area contributed by atoms with Crippen LogP contribution in [0, 0.1) is 0 Å². The second-order valence-electron chi connectivity index (χ2n) is 7.54. The van der Waals surface area contributed by atoms with Crippen molar-refractivity contribution >= 4 is 41.1 Å². The van der Waals surface area contributed by atoms with Crippen LogP contribution in [0.3, 0.4) is 0 Å². The van der Waals surface area contributed by atoms with E-state index in [4.69, 9.17) is 22.3 Å². The fourth-order valence-corrected chi connectivity index (χ4v) is 3.76. The first kappa shape index (κ1) is 22.6. The van der Waals surface area contributed by atoms with Crippen LogP contribution in [0.1, 0.15) is 41.1 Å². The molecule has 1 aliphatic rings. The molecule has 32 heavy (non-hydrogen) atoms. The van der Waals surface area contributed by atoms with Crippen molar-refractivity contribution in [1.82, 2.24) is 15.3 Å². The lowest BCUT2D eigenvalue weighted by Crippen LogP contribution is -2.41. The van der Waals surface area contributed by atoms with Crippen molar-refractivity contribution in [3.05, 3.63) is 35.4 Å². The predicted molar refractivity (Wildman–Crippen MR) is 117 cm³/mol. The van der Waals surface area contributed by atoms with Gasteiger partial charge in [0.05, 0.1) is 0 Å². The lowest BCUT2D eigenvalue weighted by atomic mass is 9.99. The van der Waals surface area contributed by atoms with E-state index in [2.05, 4.69) is 20.2 Å². The molecule has 1 fully saturated rings. The fraction of sp³-hybridized carbons (Fsp3) is 0.350. The first-order valence-electron chi connectivity index (χ1n) is 9.94. The maximum atomic E-state index is 12.4. The zero-order valence-electron chi connectivity index (χ0n) is 17.2. The van der Waals surface area contributed by atoms with Gasteiger partial charge in [-0.2, -0.15) is 9.97 Å². The monoisotopic (exact) mass is 443 g/mol. The summed E-state index contributed by atoms with van der Waals surface area (Å²) in [5.74, 6) is -2.41. The Morgan fingerprint density at radius 3 is 2.28 bits per heavy atom. The third kappa shape index (κ3) is 5.14. The average Bonchev–Trinajstić information content (AvgIpc) is 3.19. The summed E-state index contributed by atoms with van der Waals surface area (Å²) in [7, 11) is 0. The number of carboxylic acids is 2. The van der Waals surface area contributed by atoms with Gasteiger partial charge in [0.2, 0.25) is 5.95 Å². The van der Waals surface area contributed by atoms with Crippen LogP contribution >= 0.6 is 0 Å². The van der Waals surface area contributed by atoms with Gasteiger partial charge in [-0.15, -0.1) is 0 Å². The van der Waals surface area contributed by atoms with Gasteiger partial charge in [0.25, 0.3) is 5.91 Å². The van der Waals surface area contributed by atoms with Crippen LogP contribution in [0.5, 0.6) is 0 Å². The SMILES string of the molecule is Nc1nc(N)c(C2CCN(c3ccc(C(=O)N[C@@H](CCC(=O)O)C(=O)O)cc3)C2)c(N)n1. The van der Waals surface area contributed by atoms with E-state index >= 15 is 0 Å². The minimum atomic E-state index is -1.29. The number of aliphatic carboxylic acids is 2. The van der Waals surface area contributed by atoms with Crippen molar-refractivity contribution in [3.8, 4) is 0 Å². The molecule has 1 aromatic carbocycles. The molecule has 9 N–H and O–H groups in total. The van der Waals surface area contributed by atoms with E-state index in [1.165, 1.54) is 0 Å². The van der Waals surface area contributed by atoms with Gasteiger partial charge >= 0.3 is 11.9 Å². The van der Waals surface area contributed by atoms with Crippen molar-refractivity contribution in [3.63, 3.8) is 0 Å². The quantitative estimate of drug-likeness (QED) is 0.326. The number of nitrogens with two attached hydrogens (primary N) is 3. The van der Waals surface area contributed by atoms with Gasteiger partial charge in [-0.1, -0.05) is 0 Å². The number of nitrogens with one attached hydrogen (secondary N) is 1. The van der Waals surface area contributed by atoms with Gasteiger partial charge in [0.15, 0.2) is 0 Å². The van der Waals surface area contributed by atoms with E-state index in [9.17, 15) is 19.5 Å². The maximum absolute atomic E-state index is 12.4. The molecule has 12 nitrogen and oxygen atoms in total. The minimum absolute atomic E-state index is 0.0283. The van der Waals surface area contributed by atoms with Crippen LogP contribution < -0.4 is 27.4 Å². The molecule has 0 saturated carbocycles. The van der Waals surface area contributed by atoms with Gasteiger partial charge in [0, 0.05) is 42.2 Å². The number of anilines is 4. The first-order valence-corrected chi connectivity index (χ1v) is 9.94. The number of aromatic nitrogens is 2. The lowest BCUT2D eigenvalue weighted by molar-refractivity contribution is -0.140. The van der Waals surface area contributed by atoms with Crippen LogP contribution in [0.15, 0.2) is 24.3 Å². The number of nitrogen functional groups attached to an aromatic ring is 3. The summed E-state index contributed by atoms with van der Waals surface area (Å²) in [5.41, 5.74) is 19.4. The van der Waals surface area contributed by atoms with E-state index in [1.807, 2.05) is 0 Å². The number of amides is 1. The Bertz CT molecular complexity index is 1000. The normalized spacial score (nSPS) is 16.5. The Balaban J connectivity index is 1.65. The zero-order chi connectivity index (χ0) is 23.4. The molecular weight excluding hydrogens is 418 g/mol. The number of benzene rings is 1. The van der Waals surface area contributed by atoms with Crippen molar-refractivity contribution in [2.24, 2.45) is 0 Å². The highest BCUT2D eigenvalue weighted by Gasteiger charge is 2.29. The number of carboxylic acid groups (broad SMARTS) is 2. The number of carbonyl (C=O) groups excluding carboxylic acids is 1. The Morgan fingerprint density at radius 1 is 1.09 bits per heavy atom. The third-order valence-corrected chi connectivity index (χ3v) is 5.36. The zero-order valence-corrected chi connectivity index (χ0v) is 17.2. The molecule has 1 aliphatic heterocycles.